The Morgan fingerprint density at radius 1 is 1.10 bits per heavy atom. The normalized spacial score (nSPS) is 11.1. The van der Waals surface area contributed by atoms with Gasteiger partial charge in [0.1, 0.15) is 0 Å². The van der Waals surface area contributed by atoms with Crippen molar-refractivity contribution in [2.24, 2.45) is 0 Å². The first kappa shape index (κ1) is 19.1. The summed E-state index contributed by atoms with van der Waals surface area (Å²) in [6, 6.07) is 11.5. The summed E-state index contributed by atoms with van der Waals surface area (Å²) in [6.07, 6.45) is 0. The zero-order valence-corrected chi connectivity index (χ0v) is 17.4. The molecule has 148 valence electrons. The van der Waals surface area contributed by atoms with Crippen LogP contribution in [0.5, 0.6) is 5.88 Å². The smallest absolute Gasteiger partial charge is 0.278 e. The molecule has 0 aliphatic heterocycles. The summed E-state index contributed by atoms with van der Waals surface area (Å²) in [4.78, 5) is 9.00. The van der Waals surface area contributed by atoms with Crippen LogP contribution in [0.25, 0.3) is 34.2 Å². The predicted octanol–water partition coefficient (Wildman–Crippen LogP) is 4.96. The summed E-state index contributed by atoms with van der Waals surface area (Å²) in [7, 11) is 1.60. The molecular weight excluding hydrogens is 390 g/mol. The molecule has 0 spiro atoms. The lowest BCUT2D eigenvalue weighted by Crippen LogP contribution is -1.99. The first-order chi connectivity index (χ1) is 14.0. The van der Waals surface area contributed by atoms with Crippen molar-refractivity contribution in [3.8, 4) is 40.1 Å². The number of rotatable bonds is 5. The van der Waals surface area contributed by atoms with E-state index in [9.17, 15) is 0 Å². The van der Waals surface area contributed by atoms with E-state index in [1.54, 1.807) is 7.11 Å². The van der Waals surface area contributed by atoms with Gasteiger partial charge < -0.3 is 9.26 Å². The maximum atomic E-state index is 6.37. The van der Waals surface area contributed by atoms with Crippen molar-refractivity contribution in [1.82, 2.24) is 24.9 Å². The van der Waals surface area contributed by atoms with Crippen LogP contribution >= 0.6 is 11.6 Å². The minimum Gasteiger partial charge on any atom is -0.481 e. The molecule has 0 saturated carbocycles. The second kappa shape index (κ2) is 7.67. The van der Waals surface area contributed by atoms with Crippen LogP contribution in [0.4, 0.5) is 0 Å². The minimum absolute atomic E-state index is 0.341. The second-order valence-corrected chi connectivity index (χ2v) is 6.99. The Balaban J connectivity index is 1.74. The number of methoxy groups -OCH3 is 1. The van der Waals surface area contributed by atoms with E-state index < -0.39 is 0 Å². The monoisotopic (exact) mass is 409 g/mol. The van der Waals surface area contributed by atoms with E-state index in [-0.39, 0.29) is 0 Å². The molecule has 3 heterocycles. The first-order valence-corrected chi connectivity index (χ1v) is 9.59. The van der Waals surface area contributed by atoms with Gasteiger partial charge in [-0.3, -0.25) is 4.68 Å². The Morgan fingerprint density at radius 3 is 2.62 bits per heavy atom. The molecule has 0 amide bonds. The molecule has 0 atom stereocenters. The third-order valence-corrected chi connectivity index (χ3v) is 5.00. The number of pyridine rings is 1. The lowest BCUT2D eigenvalue weighted by molar-refractivity contribution is 0.393. The number of hydrogen-bond acceptors (Lipinski definition) is 6. The fourth-order valence-corrected chi connectivity index (χ4v) is 3.43. The number of nitrogens with zero attached hydrogens (tertiary/aromatic N) is 5. The zero-order valence-electron chi connectivity index (χ0n) is 16.6. The molecule has 0 aliphatic rings. The molecule has 1 aromatic carbocycles. The molecule has 0 unspecified atom stereocenters. The maximum Gasteiger partial charge on any atom is 0.278 e. The fourth-order valence-electron chi connectivity index (χ4n) is 3.20. The van der Waals surface area contributed by atoms with Gasteiger partial charge in [-0.05, 0) is 39.0 Å². The predicted molar refractivity (Wildman–Crippen MR) is 111 cm³/mol. The summed E-state index contributed by atoms with van der Waals surface area (Å²) in [5.41, 5.74) is 4.84. The fraction of sp³-hybridized carbons (Fsp3) is 0.238. The molecular formula is C21H20ClN5O2. The van der Waals surface area contributed by atoms with Crippen molar-refractivity contribution in [2.75, 3.05) is 7.11 Å². The Kier molecular flexibility index (Phi) is 5.07. The first-order valence-electron chi connectivity index (χ1n) is 9.21. The van der Waals surface area contributed by atoms with Gasteiger partial charge >= 0.3 is 0 Å². The van der Waals surface area contributed by atoms with Gasteiger partial charge in [0.2, 0.25) is 11.7 Å². The number of ether oxygens (including phenoxy) is 1. The number of aryl methyl sites for hydroxylation is 3. The average Bonchev–Trinajstić information content (AvgIpc) is 3.36. The van der Waals surface area contributed by atoms with Gasteiger partial charge in [0, 0.05) is 28.3 Å². The lowest BCUT2D eigenvalue weighted by atomic mass is 10.1. The molecule has 3 aromatic heterocycles. The van der Waals surface area contributed by atoms with Crippen LogP contribution < -0.4 is 4.74 Å². The van der Waals surface area contributed by atoms with Gasteiger partial charge in [0.15, 0.2) is 5.69 Å². The number of halogens is 1. The molecule has 7 nitrogen and oxygen atoms in total. The van der Waals surface area contributed by atoms with Gasteiger partial charge in [-0.25, -0.2) is 4.98 Å². The minimum atomic E-state index is 0.341. The van der Waals surface area contributed by atoms with Gasteiger partial charge in [-0.1, -0.05) is 35.0 Å². The van der Waals surface area contributed by atoms with Crippen LogP contribution in [-0.2, 0) is 6.54 Å². The van der Waals surface area contributed by atoms with E-state index in [1.807, 2.05) is 61.9 Å². The van der Waals surface area contributed by atoms with Crippen molar-refractivity contribution in [3.05, 3.63) is 52.7 Å². The van der Waals surface area contributed by atoms with Gasteiger partial charge in [0.25, 0.3) is 5.89 Å². The van der Waals surface area contributed by atoms with Gasteiger partial charge in [0.05, 0.1) is 18.5 Å². The van der Waals surface area contributed by atoms with Crippen LogP contribution in [0.2, 0.25) is 5.02 Å². The SMILES string of the molecule is CCn1nc(-c2nc(-c3cc(C)c(OC)nc3C)no2)cc1-c1ccccc1Cl. The summed E-state index contributed by atoms with van der Waals surface area (Å²) in [5, 5.41) is 9.41. The highest BCUT2D eigenvalue weighted by atomic mass is 35.5. The Labute approximate surface area is 173 Å². The highest BCUT2D eigenvalue weighted by Crippen LogP contribution is 2.32. The number of aromatic nitrogens is 5. The third-order valence-electron chi connectivity index (χ3n) is 4.67. The molecule has 4 aromatic rings. The van der Waals surface area contributed by atoms with Crippen molar-refractivity contribution < 1.29 is 9.26 Å². The number of benzene rings is 1. The summed E-state index contributed by atoms with van der Waals surface area (Å²) < 4.78 is 12.6. The molecule has 8 heteroatoms. The molecule has 0 aliphatic carbocycles. The molecule has 0 bridgehead atoms. The summed E-state index contributed by atoms with van der Waals surface area (Å²) in [5.74, 6) is 1.38. The largest absolute Gasteiger partial charge is 0.481 e. The van der Waals surface area contributed by atoms with Crippen LogP contribution in [0.15, 0.2) is 40.9 Å². The van der Waals surface area contributed by atoms with E-state index >= 15 is 0 Å². The van der Waals surface area contributed by atoms with Gasteiger partial charge in [-0.15, -0.1) is 0 Å². The zero-order chi connectivity index (χ0) is 20.5. The highest BCUT2D eigenvalue weighted by Gasteiger charge is 2.19. The van der Waals surface area contributed by atoms with Crippen LogP contribution in [0, 0.1) is 13.8 Å². The van der Waals surface area contributed by atoms with Crippen LogP contribution in [-0.4, -0.2) is 32.0 Å². The quantitative estimate of drug-likeness (QED) is 0.463. The van der Waals surface area contributed by atoms with Gasteiger partial charge in [-0.2, -0.15) is 10.1 Å². The summed E-state index contributed by atoms with van der Waals surface area (Å²) in [6.45, 7) is 6.51. The number of hydrogen-bond donors (Lipinski definition) is 0. The lowest BCUT2D eigenvalue weighted by Gasteiger charge is -2.07. The van der Waals surface area contributed by atoms with Crippen molar-refractivity contribution in [3.63, 3.8) is 0 Å². The van der Waals surface area contributed by atoms with Crippen molar-refractivity contribution in [2.45, 2.75) is 27.3 Å². The second-order valence-electron chi connectivity index (χ2n) is 6.58. The average molecular weight is 410 g/mol. The third kappa shape index (κ3) is 3.49. The molecule has 4 rings (SSSR count). The van der Waals surface area contributed by atoms with Crippen LogP contribution in [0.3, 0.4) is 0 Å². The van der Waals surface area contributed by atoms with Crippen molar-refractivity contribution >= 4 is 11.6 Å². The highest BCUT2D eigenvalue weighted by molar-refractivity contribution is 6.33. The van der Waals surface area contributed by atoms with E-state index in [0.29, 0.717) is 34.9 Å². The molecule has 29 heavy (non-hydrogen) atoms. The van der Waals surface area contributed by atoms with E-state index in [1.165, 1.54) is 0 Å². The van der Waals surface area contributed by atoms with E-state index in [4.69, 9.17) is 20.9 Å². The van der Waals surface area contributed by atoms with E-state index in [0.717, 1.165) is 28.1 Å². The van der Waals surface area contributed by atoms with Crippen LogP contribution in [0.1, 0.15) is 18.2 Å². The topological polar surface area (TPSA) is 78.9 Å². The van der Waals surface area contributed by atoms with Crippen molar-refractivity contribution in [1.29, 1.82) is 0 Å². The maximum absolute atomic E-state index is 6.37. The Morgan fingerprint density at radius 2 is 1.90 bits per heavy atom. The summed E-state index contributed by atoms with van der Waals surface area (Å²) >= 11 is 6.37. The molecule has 0 radical (unpaired) electrons. The molecule has 0 N–H and O–H groups in total. The Bertz CT molecular complexity index is 1180. The molecule has 0 saturated heterocycles. The van der Waals surface area contributed by atoms with E-state index in [2.05, 4.69) is 20.2 Å². The Hall–Kier alpha value is -3.19. The standard InChI is InChI=1S/C21H20ClN5O2/c1-5-27-18(14-8-6-7-9-16(14)22)11-17(25-27)21-24-19(26-29-21)15-10-12(2)20(28-4)23-13(15)3/h6-11H,5H2,1-4H3. The molecule has 0 fully saturated rings.